The first-order chi connectivity index (χ1) is 17.3. The van der Waals surface area contributed by atoms with E-state index in [0.29, 0.717) is 0 Å². The summed E-state index contributed by atoms with van der Waals surface area (Å²) in [7, 11) is 0. The minimum Gasteiger partial charge on any atom is -0.335 e. The summed E-state index contributed by atoms with van der Waals surface area (Å²) < 4.78 is 26.7. The zero-order chi connectivity index (χ0) is 25.4. The molecule has 0 aliphatic carbocycles. The van der Waals surface area contributed by atoms with Crippen molar-refractivity contribution in [1.82, 2.24) is 14.7 Å². The summed E-state index contributed by atoms with van der Waals surface area (Å²) in [4.78, 5) is 55.7. The molecule has 0 N–H and O–H groups in total. The van der Waals surface area contributed by atoms with Gasteiger partial charge in [0.05, 0.1) is 17.7 Å². The van der Waals surface area contributed by atoms with E-state index in [9.17, 15) is 28.0 Å². The average Bonchev–Trinajstić information content (AvgIpc) is 3.14. The molecular weight excluding hydrogens is 468 g/mol. The van der Waals surface area contributed by atoms with Crippen LogP contribution in [0.4, 0.5) is 8.78 Å². The van der Waals surface area contributed by atoms with Gasteiger partial charge in [-0.15, -0.1) is 0 Å². The highest BCUT2D eigenvalue weighted by atomic mass is 19.2. The summed E-state index contributed by atoms with van der Waals surface area (Å²) in [6.07, 6.45) is 0. The van der Waals surface area contributed by atoms with Gasteiger partial charge in [0.2, 0.25) is 0 Å². The Bertz CT molecular complexity index is 1390. The Labute approximate surface area is 205 Å². The maximum Gasteiger partial charge on any atom is 0.261 e. The summed E-state index contributed by atoms with van der Waals surface area (Å²) in [6, 6.07) is 16.6. The fraction of sp³-hybridized carbons (Fsp3) is 0.185. The van der Waals surface area contributed by atoms with Gasteiger partial charge in [-0.1, -0.05) is 30.3 Å². The molecule has 9 heteroatoms. The molecule has 3 aromatic rings. The van der Waals surface area contributed by atoms with Gasteiger partial charge in [-0.25, -0.2) is 8.78 Å². The molecule has 1 saturated heterocycles. The number of nitrogens with zero attached hydrogens (tertiary/aromatic N) is 3. The van der Waals surface area contributed by atoms with E-state index in [1.54, 1.807) is 4.90 Å². The SMILES string of the molecule is O=C(c1ccc(F)c(F)c1)N1CCN(C(=O)c2ccc3c(c2)C(=O)N(Cc2ccccc2)C3=O)CC1. The van der Waals surface area contributed by atoms with E-state index in [0.717, 1.165) is 22.6 Å². The van der Waals surface area contributed by atoms with Gasteiger partial charge >= 0.3 is 0 Å². The van der Waals surface area contributed by atoms with Gasteiger partial charge in [-0.05, 0) is 42.0 Å². The van der Waals surface area contributed by atoms with Crippen LogP contribution >= 0.6 is 0 Å². The molecule has 2 heterocycles. The molecule has 0 radical (unpaired) electrons. The van der Waals surface area contributed by atoms with Crippen LogP contribution < -0.4 is 0 Å². The average molecular weight is 489 g/mol. The van der Waals surface area contributed by atoms with Crippen molar-refractivity contribution in [3.8, 4) is 0 Å². The molecule has 4 amide bonds. The lowest BCUT2D eigenvalue weighted by molar-refractivity contribution is 0.0535. The van der Waals surface area contributed by atoms with Crippen LogP contribution in [0.15, 0.2) is 66.7 Å². The second kappa shape index (κ2) is 9.33. The van der Waals surface area contributed by atoms with Gasteiger partial charge < -0.3 is 9.80 Å². The third kappa shape index (κ3) is 4.24. The topological polar surface area (TPSA) is 78.0 Å². The van der Waals surface area contributed by atoms with Crippen LogP contribution in [0.1, 0.15) is 47.0 Å². The number of benzene rings is 3. The maximum absolute atomic E-state index is 13.5. The van der Waals surface area contributed by atoms with Crippen LogP contribution in [-0.4, -0.2) is 64.5 Å². The number of hydrogen-bond donors (Lipinski definition) is 0. The quantitative estimate of drug-likeness (QED) is 0.527. The molecule has 0 unspecified atom stereocenters. The minimum atomic E-state index is -1.10. The van der Waals surface area contributed by atoms with Crippen molar-refractivity contribution in [3.63, 3.8) is 0 Å². The Morgan fingerprint density at radius 1 is 0.667 bits per heavy atom. The van der Waals surface area contributed by atoms with E-state index in [4.69, 9.17) is 0 Å². The maximum atomic E-state index is 13.5. The number of carbonyl (C=O) groups is 4. The van der Waals surface area contributed by atoms with E-state index in [1.165, 1.54) is 29.2 Å². The minimum absolute atomic E-state index is 0.0375. The van der Waals surface area contributed by atoms with Crippen LogP contribution in [0, 0.1) is 11.6 Å². The standard InChI is InChI=1S/C27H21F2N3O4/c28-22-9-7-19(15-23(22)29)25(34)31-12-10-30(11-13-31)24(33)18-6-8-20-21(14-18)27(36)32(26(20)35)16-17-4-2-1-3-5-17/h1-9,14-15H,10-13,16H2. The van der Waals surface area contributed by atoms with Crippen LogP contribution in [0.25, 0.3) is 0 Å². The van der Waals surface area contributed by atoms with Gasteiger partial charge in [0.15, 0.2) is 11.6 Å². The predicted molar refractivity (Wildman–Crippen MR) is 125 cm³/mol. The van der Waals surface area contributed by atoms with Crippen LogP contribution in [0.2, 0.25) is 0 Å². The third-order valence-electron chi connectivity index (χ3n) is 6.42. The molecule has 0 aromatic heterocycles. The second-order valence-electron chi connectivity index (χ2n) is 8.66. The lowest BCUT2D eigenvalue weighted by atomic mass is 10.0. The number of piperazine rings is 1. The molecule has 5 rings (SSSR count). The van der Waals surface area contributed by atoms with Crippen LogP contribution in [0.3, 0.4) is 0 Å². The van der Waals surface area contributed by atoms with E-state index < -0.39 is 29.4 Å². The monoisotopic (exact) mass is 489 g/mol. The highest BCUT2D eigenvalue weighted by Crippen LogP contribution is 2.26. The summed E-state index contributed by atoms with van der Waals surface area (Å²) in [5, 5.41) is 0. The van der Waals surface area contributed by atoms with E-state index >= 15 is 0 Å². The summed E-state index contributed by atoms with van der Waals surface area (Å²) in [6.45, 7) is 1.05. The Kier molecular flexibility index (Phi) is 6.05. The van der Waals surface area contributed by atoms with E-state index in [-0.39, 0.29) is 60.9 Å². The first-order valence-electron chi connectivity index (χ1n) is 11.4. The lowest BCUT2D eigenvalue weighted by Gasteiger charge is -2.35. The van der Waals surface area contributed by atoms with Crippen molar-refractivity contribution < 1.29 is 28.0 Å². The van der Waals surface area contributed by atoms with Gasteiger partial charge in [-0.3, -0.25) is 24.1 Å². The molecule has 2 aliphatic rings. The molecule has 0 saturated carbocycles. The molecule has 1 fully saturated rings. The van der Waals surface area contributed by atoms with Crippen molar-refractivity contribution in [1.29, 1.82) is 0 Å². The third-order valence-corrected chi connectivity index (χ3v) is 6.42. The zero-order valence-corrected chi connectivity index (χ0v) is 19.1. The Hall–Kier alpha value is -4.40. The number of fused-ring (bicyclic) bond motifs is 1. The number of amides is 4. The van der Waals surface area contributed by atoms with Gasteiger partial charge in [0.25, 0.3) is 23.6 Å². The molecule has 0 atom stereocenters. The van der Waals surface area contributed by atoms with Gasteiger partial charge in [-0.2, -0.15) is 0 Å². The lowest BCUT2D eigenvalue weighted by Crippen LogP contribution is -2.50. The summed E-state index contributed by atoms with van der Waals surface area (Å²) >= 11 is 0. The number of rotatable bonds is 4. The van der Waals surface area contributed by atoms with Crippen molar-refractivity contribution in [2.24, 2.45) is 0 Å². The second-order valence-corrected chi connectivity index (χ2v) is 8.66. The Morgan fingerprint density at radius 3 is 1.83 bits per heavy atom. The predicted octanol–water partition coefficient (Wildman–Crippen LogP) is 3.36. The molecule has 0 bridgehead atoms. The fourth-order valence-electron chi connectivity index (χ4n) is 4.44. The molecule has 0 spiro atoms. The van der Waals surface area contributed by atoms with Crippen molar-refractivity contribution >= 4 is 23.6 Å². The molecular formula is C27H21F2N3O4. The van der Waals surface area contributed by atoms with E-state index in [1.807, 2.05) is 30.3 Å². The molecule has 3 aromatic carbocycles. The number of halogens is 2. The van der Waals surface area contributed by atoms with Gasteiger partial charge in [0, 0.05) is 37.3 Å². The number of imide groups is 1. The van der Waals surface area contributed by atoms with Crippen molar-refractivity contribution in [2.45, 2.75) is 6.54 Å². The first kappa shape index (κ1) is 23.3. The molecule has 36 heavy (non-hydrogen) atoms. The highest BCUT2D eigenvalue weighted by Gasteiger charge is 2.36. The summed E-state index contributed by atoms with van der Waals surface area (Å²) in [5.41, 5.74) is 1.58. The smallest absolute Gasteiger partial charge is 0.261 e. The zero-order valence-electron chi connectivity index (χ0n) is 19.1. The first-order valence-corrected chi connectivity index (χ1v) is 11.4. The van der Waals surface area contributed by atoms with Crippen LogP contribution in [0.5, 0.6) is 0 Å². The fourth-order valence-corrected chi connectivity index (χ4v) is 4.44. The van der Waals surface area contributed by atoms with Crippen molar-refractivity contribution in [3.05, 3.63) is 106 Å². The molecule has 182 valence electrons. The number of hydrogen-bond acceptors (Lipinski definition) is 4. The van der Waals surface area contributed by atoms with Crippen LogP contribution in [-0.2, 0) is 6.54 Å². The largest absolute Gasteiger partial charge is 0.335 e. The Morgan fingerprint density at radius 2 is 1.22 bits per heavy atom. The van der Waals surface area contributed by atoms with E-state index in [2.05, 4.69) is 0 Å². The molecule has 2 aliphatic heterocycles. The summed E-state index contributed by atoms with van der Waals surface area (Å²) in [5.74, 6) is -3.74. The normalized spacial score (nSPS) is 15.3. The molecule has 7 nitrogen and oxygen atoms in total. The highest BCUT2D eigenvalue weighted by molar-refractivity contribution is 6.22. The Balaban J connectivity index is 1.26. The van der Waals surface area contributed by atoms with Crippen molar-refractivity contribution in [2.75, 3.05) is 26.2 Å². The van der Waals surface area contributed by atoms with Gasteiger partial charge in [0.1, 0.15) is 0 Å². The number of carbonyl (C=O) groups excluding carboxylic acids is 4.